The van der Waals surface area contributed by atoms with Crippen molar-refractivity contribution >= 4 is 23.5 Å². The first-order valence-electron chi connectivity index (χ1n) is 9.80. The van der Waals surface area contributed by atoms with Crippen LogP contribution in [0.15, 0.2) is 24.3 Å². The summed E-state index contributed by atoms with van der Waals surface area (Å²) < 4.78 is 37.8. The van der Waals surface area contributed by atoms with Crippen LogP contribution in [0.5, 0.6) is 0 Å². The summed E-state index contributed by atoms with van der Waals surface area (Å²) in [6.45, 7) is 5.59. The summed E-state index contributed by atoms with van der Waals surface area (Å²) in [4.78, 5) is 25.2. The van der Waals surface area contributed by atoms with Crippen LogP contribution in [-0.2, 0) is 20.9 Å². The third kappa shape index (κ3) is 5.86. The second-order valence-corrected chi connectivity index (χ2v) is 8.30. The molecule has 1 N–H and O–H groups in total. The van der Waals surface area contributed by atoms with E-state index in [9.17, 15) is 18.0 Å². The summed E-state index contributed by atoms with van der Waals surface area (Å²) in [5, 5.41) is 7.92. The van der Waals surface area contributed by atoms with Crippen molar-refractivity contribution in [3.8, 4) is 0 Å². The molecule has 1 aromatic carbocycles. The summed E-state index contributed by atoms with van der Waals surface area (Å²) in [6.07, 6.45) is -3.01. The van der Waals surface area contributed by atoms with Gasteiger partial charge in [-0.05, 0) is 24.1 Å². The van der Waals surface area contributed by atoms with Crippen molar-refractivity contribution in [2.24, 2.45) is 11.8 Å². The third-order valence-electron chi connectivity index (χ3n) is 5.68. The van der Waals surface area contributed by atoms with Gasteiger partial charge in [0.2, 0.25) is 5.91 Å². The molecule has 0 aromatic heterocycles. The van der Waals surface area contributed by atoms with Crippen LogP contribution in [0.25, 0.3) is 0 Å². The zero-order valence-electron chi connectivity index (χ0n) is 16.3. The van der Waals surface area contributed by atoms with Crippen LogP contribution in [0.4, 0.5) is 13.2 Å². The number of fused-ring (bicyclic) bond motifs is 1. The van der Waals surface area contributed by atoms with Crippen molar-refractivity contribution in [3.05, 3.63) is 34.9 Å². The average Bonchev–Trinajstić information content (AvgIpc) is 3.33. The summed E-state index contributed by atoms with van der Waals surface area (Å²) >= 11 is 6.08. The van der Waals surface area contributed by atoms with E-state index in [1.54, 1.807) is 0 Å². The molecule has 4 rings (SSSR count). The number of carbonyl (C=O) groups is 2. The maximum absolute atomic E-state index is 11.9. The van der Waals surface area contributed by atoms with Gasteiger partial charge in [0.1, 0.15) is 0 Å². The fourth-order valence-corrected chi connectivity index (χ4v) is 4.48. The fraction of sp³-hybridized carbons (Fsp3) is 0.600. The van der Waals surface area contributed by atoms with Gasteiger partial charge >= 0.3 is 12.1 Å². The number of benzene rings is 1. The quantitative estimate of drug-likeness (QED) is 0.766. The second-order valence-electron chi connectivity index (χ2n) is 7.87. The van der Waals surface area contributed by atoms with E-state index in [-0.39, 0.29) is 0 Å². The molecule has 0 unspecified atom stereocenters. The maximum Gasteiger partial charge on any atom is 0.490 e. The maximum atomic E-state index is 11.9. The number of hydrogen-bond acceptors (Lipinski definition) is 4. The van der Waals surface area contributed by atoms with E-state index in [1.807, 2.05) is 23.1 Å². The number of amides is 1. The Morgan fingerprint density at radius 3 is 2.63 bits per heavy atom. The number of nitrogens with zero attached hydrogens (tertiary/aromatic N) is 2. The number of hydrogen-bond donors (Lipinski definition) is 1. The van der Waals surface area contributed by atoms with Crippen LogP contribution < -0.4 is 0 Å². The molecule has 3 atom stereocenters. The molecule has 3 aliphatic heterocycles. The number of alkyl halides is 3. The minimum atomic E-state index is -5.08. The number of ether oxygens (including phenoxy) is 1. The van der Waals surface area contributed by atoms with Crippen LogP contribution in [-0.4, -0.2) is 71.8 Å². The number of rotatable bonds is 4. The van der Waals surface area contributed by atoms with Crippen molar-refractivity contribution in [1.82, 2.24) is 9.80 Å². The monoisotopic (exact) mass is 448 g/mol. The minimum Gasteiger partial charge on any atom is -0.475 e. The molecule has 3 saturated heterocycles. The predicted octanol–water partition coefficient (Wildman–Crippen LogP) is 3.04. The van der Waals surface area contributed by atoms with Gasteiger partial charge in [0.15, 0.2) is 0 Å². The fourth-order valence-electron chi connectivity index (χ4n) is 4.27. The lowest BCUT2D eigenvalue weighted by atomic mass is 9.93. The number of carbonyl (C=O) groups excluding carboxylic acids is 1. The van der Waals surface area contributed by atoms with Crippen molar-refractivity contribution < 1.29 is 32.6 Å². The van der Waals surface area contributed by atoms with Crippen LogP contribution in [0.1, 0.15) is 18.4 Å². The van der Waals surface area contributed by atoms with E-state index in [4.69, 9.17) is 26.2 Å². The first-order chi connectivity index (χ1) is 14.1. The van der Waals surface area contributed by atoms with E-state index >= 15 is 0 Å². The Kier molecular flexibility index (Phi) is 7.26. The van der Waals surface area contributed by atoms with Gasteiger partial charge in [-0.3, -0.25) is 9.69 Å². The molecular formula is C20H24ClF3N2O4. The summed E-state index contributed by atoms with van der Waals surface area (Å²) in [6, 6.07) is 8.08. The molecule has 3 aliphatic rings. The Labute approximate surface area is 177 Å². The van der Waals surface area contributed by atoms with E-state index in [1.165, 1.54) is 5.56 Å². The Morgan fingerprint density at radius 1 is 1.30 bits per heavy atom. The van der Waals surface area contributed by atoms with Gasteiger partial charge in [0.25, 0.3) is 0 Å². The largest absolute Gasteiger partial charge is 0.490 e. The van der Waals surface area contributed by atoms with Crippen molar-refractivity contribution in [2.45, 2.75) is 31.7 Å². The highest BCUT2D eigenvalue weighted by atomic mass is 35.5. The molecule has 1 aromatic rings. The number of halogens is 4. The summed E-state index contributed by atoms with van der Waals surface area (Å²) in [7, 11) is 0. The first-order valence-corrected chi connectivity index (χ1v) is 10.2. The number of aliphatic carboxylic acids is 1. The molecule has 0 bridgehead atoms. The van der Waals surface area contributed by atoms with Gasteiger partial charge < -0.3 is 14.7 Å². The van der Waals surface area contributed by atoms with Crippen LogP contribution in [0.2, 0.25) is 5.02 Å². The minimum absolute atomic E-state index is 0.322. The Balaban J connectivity index is 0.000000318. The molecule has 1 amide bonds. The predicted molar refractivity (Wildman–Crippen MR) is 103 cm³/mol. The van der Waals surface area contributed by atoms with Gasteiger partial charge in [-0.2, -0.15) is 13.2 Å². The molecule has 0 saturated carbocycles. The molecule has 3 heterocycles. The van der Waals surface area contributed by atoms with Gasteiger partial charge in [-0.1, -0.05) is 23.7 Å². The highest BCUT2D eigenvalue weighted by molar-refractivity contribution is 6.30. The van der Waals surface area contributed by atoms with Gasteiger partial charge in [-0.25, -0.2) is 4.79 Å². The van der Waals surface area contributed by atoms with Gasteiger partial charge in [-0.15, -0.1) is 0 Å². The zero-order chi connectivity index (χ0) is 21.9. The topological polar surface area (TPSA) is 70.1 Å². The Bertz CT molecular complexity index is 777. The lowest BCUT2D eigenvalue weighted by Crippen LogP contribution is -2.35. The van der Waals surface area contributed by atoms with Crippen LogP contribution in [0.3, 0.4) is 0 Å². The third-order valence-corrected chi connectivity index (χ3v) is 5.91. The van der Waals surface area contributed by atoms with E-state index in [0.717, 1.165) is 57.2 Å². The molecule has 3 fully saturated rings. The van der Waals surface area contributed by atoms with E-state index in [0.29, 0.717) is 23.8 Å². The van der Waals surface area contributed by atoms with E-state index in [2.05, 4.69) is 11.0 Å². The van der Waals surface area contributed by atoms with Crippen molar-refractivity contribution in [2.75, 3.05) is 32.8 Å². The smallest absolute Gasteiger partial charge is 0.475 e. The van der Waals surface area contributed by atoms with Crippen molar-refractivity contribution in [1.29, 1.82) is 0 Å². The molecule has 166 valence electrons. The summed E-state index contributed by atoms with van der Waals surface area (Å²) in [5.41, 5.74) is 1.25. The van der Waals surface area contributed by atoms with Crippen LogP contribution in [0, 0.1) is 11.8 Å². The zero-order valence-corrected chi connectivity index (χ0v) is 17.0. The SMILES string of the molecule is O=C(O)C(F)(F)F.O=C1CCCN1C[C@H]1CO[C@@H]2CN(Cc3cccc(Cl)c3)C[C@H]12. The number of carboxylic acid groups (broad SMARTS) is 1. The van der Waals surface area contributed by atoms with Crippen LogP contribution >= 0.6 is 11.6 Å². The number of carboxylic acids is 1. The highest BCUT2D eigenvalue weighted by Crippen LogP contribution is 2.35. The highest BCUT2D eigenvalue weighted by Gasteiger charge is 2.44. The molecule has 30 heavy (non-hydrogen) atoms. The number of likely N-dealkylation sites (tertiary alicyclic amines) is 2. The molecule has 10 heteroatoms. The molecule has 6 nitrogen and oxygen atoms in total. The lowest BCUT2D eigenvalue weighted by Gasteiger charge is -2.24. The Hall–Kier alpha value is -1.84. The first kappa shape index (κ1) is 22.8. The lowest BCUT2D eigenvalue weighted by molar-refractivity contribution is -0.192. The van der Waals surface area contributed by atoms with Gasteiger partial charge in [0.05, 0.1) is 12.7 Å². The van der Waals surface area contributed by atoms with Gasteiger partial charge in [0, 0.05) is 56.0 Å². The normalized spacial score (nSPS) is 26.5. The average molecular weight is 449 g/mol. The Morgan fingerprint density at radius 2 is 2.03 bits per heavy atom. The van der Waals surface area contributed by atoms with E-state index < -0.39 is 12.1 Å². The molecular weight excluding hydrogens is 425 g/mol. The standard InChI is InChI=1S/C18H23ClN2O2.C2HF3O2/c19-15-4-1-3-13(7-15)8-20-10-16-14(12-23-17(16)11-20)9-21-6-2-5-18(21)22;3-2(4,5)1(6)7/h1,3-4,7,14,16-17H,2,5-6,8-12H2;(H,6,7)/t14-,16+,17+;/m0./s1. The second kappa shape index (κ2) is 9.53. The molecule has 0 spiro atoms. The van der Waals surface area contributed by atoms with Crippen molar-refractivity contribution in [3.63, 3.8) is 0 Å². The summed E-state index contributed by atoms with van der Waals surface area (Å²) in [5.74, 6) is -1.39. The molecule has 0 radical (unpaired) electrons. The molecule has 0 aliphatic carbocycles.